The molecule has 4 heteroatoms. The summed E-state index contributed by atoms with van der Waals surface area (Å²) in [7, 11) is 0. The van der Waals surface area contributed by atoms with Crippen LogP contribution < -0.4 is 4.90 Å². The predicted octanol–water partition coefficient (Wildman–Crippen LogP) is 4.57. The smallest absolute Gasteiger partial charge is 0.338 e. The van der Waals surface area contributed by atoms with Gasteiger partial charge in [0.05, 0.1) is 11.3 Å². The molecule has 0 saturated carbocycles. The molecule has 0 saturated heterocycles. The summed E-state index contributed by atoms with van der Waals surface area (Å²) in [4.78, 5) is 14.5. The first-order valence-corrected chi connectivity index (χ1v) is 8.05. The van der Waals surface area contributed by atoms with Gasteiger partial charge >= 0.3 is 5.97 Å². The second-order valence-electron chi connectivity index (χ2n) is 4.74. The average molecular weight is 301 g/mol. The maximum atomic E-state index is 11.7. The topological polar surface area (TPSA) is 40.5 Å². The van der Waals surface area contributed by atoms with E-state index in [-0.39, 0.29) is 0 Å². The molecule has 1 N–H and O–H groups in total. The number of carboxylic acids is 1. The van der Waals surface area contributed by atoms with Gasteiger partial charge in [0, 0.05) is 17.1 Å². The van der Waals surface area contributed by atoms with Crippen molar-refractivity contribution in [3.8, 4) is 0 Å². The molecule has 0 aliphatic heterocycles. The normalized spacial score (nSPS) is 10.4. The molecule has 0 unspecified atom stereocenters. The van der Waals surface area contributed by atoms with Crippen LogP contribution >= 0.6 is 11.8 Å². The zero-order valence-corrected chi connectivity index (χ0v) is 13.3. The van der Waals surface area contributed by atoms with E-state index in [0.717, 1.165) is 16.3 Å². The van der Waals surface area contributed by atoms with E-state index in [1.54, 1.807) is 0 Å². The highest BCUT2D eigenvalue weighted by Gasteiger charge is 2.19. The number of carbonyl (C=O) groups is 1. The Bertz CT molecular complexity index is 638. The summed E-state index contributed by atoms with van der Waals surface area (Å²) < 4.78 is 0. The van der Waals surface area contributed by atoms with Gasteiger partial charge in [-0.25, -0.2) is 4.79 Å². The number of hydrogen-bond acceptors (Lipinski definition) is 3. The molecular formula is C17H19NO2S. The molecule has 0 amide bonds. The van der Waals surface area contributed by atoms with Crippen molar-refractivity contribution in [3.05, 3.63) is 53.6 Å². The van der Waals surface area contributed by atoms with E-state index >= 15 is 0 Å². The van der Waals surface area contributed by atoms with Gasteiger partial charge < -0.3 is 10.0 Å². The van der Waals surface area contributed by atoms with Crippen LogP contribution in [0.4, 0.5) is 11.4 Å². The second-order valence-corrected chi connectivity index (χ2v) is 5.59. The summed E-state index contributed by atoms with van der Waals surface area (Å²) in [5.41, 5.74) is 3.29. The molecule has 2 rings (SSSR count). The monoisotopic (exact) mass is 301 g/mol. The van der Waals surface area contributed by atoms with Crippen LogP contribution in [0.25, 0.3) is 0 Å². The van der Waals surface area contributed by atoms with Gasteiger partial charge in [-0.15, -0.1) is 11.8 Å². The van der Waals surface area contributed by atoms with Crippen LogP contribution in [-0.4, -0.2) is 23.9 Å². The van der Waals surface area contributed by atoms with Crippen molar-refractivity contribution >= 4 is 29.1 Å². The third-order valence-corrected chi connectivity index (χ3v) is 4.17. The predicted molar refractivity (Wildman–Crippen MR) is 89.0 cm³/mol. The van der Waals surface area contributed by atoms with Crippen LogP contribution in [0.5, 0.6) is 0 Å². The van der Waals surface area contributed by atoms with E-state index in [4.69, 9.17) is 0 Å². The van der Waals surface area contributed by atoms with Crippen molar-refractivity contribution in [1.82, 2.24) is 0 Å². The number of benzene rings is 2. The fourth-order valence-electron chi connectivity index (χ4n) is 2.35. The van der Waals surface area contributed by atoms with Gasteiger partial charge in [-0.05, 0) is 44.4 Å². The minimum atomic E-state index is -0.888. The highest BCUT2D eigenvalue weighted by Crippen LogP contribution is 2.33. The number of rotatable bonds is 5. The minimum Gasteiger partial charge on any atom is -0.478 e. The number of carboxylic acid groups (broad SMARTS) is 1. The van der Waals surface area contributed by atoms with E-state index < -0.39 is 5.97 Å². The quantitative estimate of drug-likeness (QED) is 0.821. The average Bonchev–Trinajstić information content (AvgIpc) is 2.49. The molecule has 0 aromatic heterocycles. The SMILES string of the molecule is CCN(c1ccc(C)cc1)c1cccc(SC)c1C(=O)O. The zero-order chi connectivity index (χ0) is 15.4. The summed E-state index contributed by atoms with van der Waals surface area (Å²) in [6.07, 6.45) is 1.90. The highest BCUT2D eigenvalue weighted by atomic mass is 32.2. The van der Waals surface area contributed by atoms with Gasteiger partial charge in [-0.1, -0.05) is 23.8 Å². The fraction of sp³-hybridized carbons (Fsp3) is 0.235. The first-order valence-electron chi connectivity index (χ1n) is 6.83. The largest absolute Gasteiger partial charge is 0.478 e. The number of aryl methyl sites for hydroxylation is 1. The van der Waals surface area contributed by atoms with Crippen LogP contribution in [0.15, 0.2) is 47.4 Å². The van der Waals surface area contributed by atoms with E-state index in [2.05, 4.69) is 0 Å². The lowest BCUT2D eigenvalue weighted by Crippen LogP contribution is -2.19. The van der Waals surface area contributed by atoms with Crippen molar-refractivity contribution in [3.63, 3.8) is 0 Å². The molecule has 0 heterocycles. The van der Waals surface area contributed by atoms with Crippen molar-refractivity contribution in [2.45, 2.75) is 18.7 Å². The molecule has 0 atom stereocenters. The Hall–Kier alpha value is -1.94. The van der Waals surface area contributed by atoms with Crippen LogP contribution in [0, 0.1) is 6.92 Å². The van der Waals surface area contributed by atoms with Gasteiger partial charge in [-0.2, -0.15) is 0 Å². The van der Waals surface area contributed by atoms with Crippen LogP contribution in [-0.2, 0) is 0 Å². The Morgan fingerprint density at radius 2 is 1.86 bits per heavy atom. The van der Waals surface area contributed by atoms with Crippen LogP contribution in [0.1, 0.15) is 22.8 Å². The fourth-order valence-corrected chi connectivity index (χ4v) is 2.96. The van der Waals surface area contributed by atoms with Crippen LogP contribution in [0.2, 0.25) is 0 Å². The van der Waals surface area contributed by atoms with Crippen molar-refractivity contribution in [1.29, 1.82) is 0 Å². The molecule has 0 bridgehead atoms. The summed E-state index contributed by atoms with van der Waals surface area (Å²) in [6.45, 7) is 4.77. The van der Waals surface area contributed by atoms with Gasteiger partial charge in [0.25, 0.3) is 0 Å². The molecule has 2 aromatic rings. The van der Waals surface area contributed by atoms with Gasteiger partial charge in [-0.3, -0.25) is 0 Å². The second kappa shape index (κ2) is 6.68. The molecule has 0 aliphatic rings. The van der Waals surface area contributed by atoms with Gasteiger partial charge in [0.1, 0.15) is 0 Å². The molecule has 0 spiro atoms. The van der Waals surface area contributed by atoms with Crippen molar-refractivity contribution in [2.24, 2.45) is 0 Å². The van der Waals surface area contributed by atoms with Gasteiger partial charge in [0.2, 0.25) is 0 Å². The Morgan fingerprint density at radius 3 is 2.38 bits per heavy atom. The number of hydrogen-bond donors (Lipinski definition) is 1. The van der Waals surface area contributed by atoms with E-state index in [9.17, 15) is 9.90 Å². The molecule has 0 radical (unpaired) electrons. The first kappa shape index (κ1) is 15.4. The maximum Gasteiger partial charge on any atom is 0.338 e. The molecule has 21 heavy (non-hydrogen) atoms. The van der Waals surface area contributed by atoms with Crippen LogP contribution in [0.3, 0.4) is 0 Å². The standard InChI is InChI=1S/C17H19NO2S/c1-4-18(13-10-8-12(2)9-11-13)14-6-5-7-15(21-3)16(14)17(19)20/h5-11H,4H2,1-3H3,(H,19,20). The molecule has 110 valence electrons. The van der Waals surface area contributed by atoms with Gasteiger partial charge in [0.15, 0.2) is 0 Å². The summed E-state index contributed by atoms with van der Waals surface area (Å²) in [5.74, 6) is -0.888. The third kappa shape index (κ3) is 3.22. The van der Waals surface area contributed by atoms with E-state index in [1.165, 1.54) is 17.3 Å². The highest BCUT2D eigenvalue weighted by molar-refractivity contribution is 7.98. The Kier molecular flexibility index (Phi) is 4.91. The number of nitrogens with zero attached hydrogens (tertiary/aromatic N) is 1. The van der Waals surface area contributed by atoms with Crippen molar-refractivity contribution in [2.75, 3.05) is 17.7 Å². The lowest BCUT2D eigenvalue weighted by atomic mass is 10.1. The van der Waals surface area contributed by atoms with Crippen molar-refractivity contribution < 1.29 is 9.90 Å². The first-order chi connectivity index (χ1) is 10.1. The molecule has 0 fully saturated rings. The molecular weight excluding hydrogens is 282 g/mol. The maximum absolute atomic E-state index is 11.7. The number of anilines is 2. The summed E-state index contributed by atoms with van der Waals surface area (Å²) in [5, 5.41) is 9.57. The summed E-state index contributed by atoms with van der Waals surface area (Å²) in [6, 6.07) is 13.7. The zero-order valence-electron chi connectivity index (χ0n) is 12.5. The third-order valence-electron chi connectivity index (χ3n) is 3.39. The Labute approximate surface area is 129 Å². The lowest BCUT2D eigenvalue weighted by Gasteiger charge is -2.26. The number of aromatic carboxylic acids is 1. The van der Waals surface area contributed by atoms with E-state index in [1.807, 2.05) is 67.5 Å². The molecule has 0 aliphatic carbocycles. The Morgan fingerprint density at radius 1 is 1.19 bits per heavy atom. The Balaban J connectivity index is 2.57. The molecule has 2 aromatic carbocycles. The minimum absolute atomic E-state index is 0.368. The lowest BCUT2D eigenvalue weighted by molar-refractivity contribution is 0.0694. The number of thioether (sulfide) groups is 1. The van der Waals surface area contributed by atoms with E-state index in [0.29, 0.717) is 12.1 Å². The summed E-state index contributed by atoms with van der Waals surface area (Å²) >= 11 is 1.46. The molecule has 3 nitrogen and oxygen atoms in total.